The molecule has 2 aromatic rings. The molecule has 84 valence electrons. The highest BCUT2D eigenvalue weighted by Crippen LogP contribution is 2.11. The van der Waals surface area contributed by atoms with Gasteiger partial charge in [-0.3, -0.25) is 0 Å². The number of aromatic carboxylic acids is 1. The lowest BCUT2D eigenvalue weighted by Gasteiger charge is -1.96. The molecule has 0 aromatic carbocycles. The third-order valence-corrected chi connectivity index (χ3v) is 2.33. The summed E-state index contributed by atoms with van der Waals surface area (Å²) < 4.78 is 6.67. The first kappa shape index (κ1) is 10.6. The number of pyridine rings is 1. The van der Waals surface area contributed by atoms with Crippen LogP contribution in [0.25, 0.3) is 5.65 Å². The minimum absolute atomic E-state index is 0.214. The van der Waals surface area contributed by atoms with Crippen molar-refractivity contribution in [2.24, 2.45) is 0 Å². The Bertz CT molecular complexity index is 519. The highest BCUT2D eigenvalue weighted by molar-refractivity contribution is 5.94. The lowest BCUT2D eigenvalue weighted by molar-refractivity contribution is 0.0698. The van der Waals surface area contributed by atoms with Crippen LogP contribution in [-0.4, -0.2) is 34.2 Å². The second-order valence-corrected chi connectivity index (χ2v) is 3.43. The van der Waals surface area contributed by atoms with E-state index in [4.69, 9.17) is 9.84 Å². The molecule has 0 fully saturated rings. The highest BCUT2D eigenvalue weighted by Gasteiger charge is 2.11. The maximum Gasteiger partial charge on any atom is 0.339 e. The first-order chi connectivity index (χ1) is 7.72. The molecule has 5 nitrogen and oxygen atoms in total. The van der Waals surface area contributed by atoms with Gasteiger partial charge >= 0.3 is 5.97 Å². The van der Waals surface area contributed by atoms with Crippen molar-refractivity contribution in [3.05, 3.63) is 35.8 Å². The van der Waals surface area contributed by atoms with Gasteiger partial charge in [-0.05, 0) is 12.1 Å². The first-order valence-electron chi connectivity index (χ1n) is 4.91. The Morgan fingerprint density at radius 1 is 1.62 bits per heavy atom. The van der Waals surface area contributed by atoms with Crippen molar-refractivity contribution < 1.29 is 14.6 Å². The van der Waals surface area contributed by atoms with E-state index in [0.29, 0.717) is 18.7 Å². The van der Waals surface area contributed by atoms with Crippen molar-refractivity contribution in [2.45, 2.75) is 6.42 Å². The predicted molar refractivity (Wildman–Crippen MR) is 57.7 cm³/mol. The molecule has 0 unspecified atom stereocenters. The number of imidazole rings is 1. The predicted octanol–water partition coefficient (Wildman–Crippen LogP) is 1.22. The molecule has 0 amide bonds. The van der Waals surface area contributed by atoms with Crippen molar-refractivity contribution in [3.63, 3.8) is 0 Å². The van der Waals surface area contributed by atoms with Crippen LogP contribution in [0.15, 0.2) is 24.5 Å². The number of fused-ring (bicyclic) bond motifs is 1. The van der Waals surface area contributed by atoms with Crippen LogP contribution in [0.5, 0.6) is 0 Å². The lowest BCUT2D eigenvalue weighted by atomic mass is 10.3. The van der Waals surface area contributed by atoms with Crippen LogP contribution in [-0.2, 0) is 11.2 Å². The maximum atomic E-state index is 11.0. The van der Waals surface area contributed by atoms with Crippen molar-refractivity contribution in [1.29, 1.82) is 0 Å². The Balaban J connectivity index is 2.44. The molecule has 16 heavy (non-hydrogen) atoms. The fraction of sp³-hybridized carbons (Fsp3) is 0.273. The quantitative estimate of drug-likeness (QED) is 0.841. The molecule has 0 aliphatic carbocycles. The monoisotopic (exact) mass is 220 g/mol. The summed E-state index contributed by atoms with van der Waals surface area (Å²) in [4.78, 5) is 15.2. The minimum atomic E-state index is -0.963. The number of hydrogen-bond acceptors (Lipinski definition) is 3. The molecule has 0 aliphatic rings. The average Bonchev–Trinajstić information content (AvgIpc) is 2.68. The van der Waals surface area contributed by atoms with Crippen LogP contribution in [0.4, 0.5) is 0 Å². The van der Waals surface area contributed by atoms with E-state index >= 15 is 0 Å². The standard InChI is InChI=1S/C11H12N2O3/c1-16-6-4-8-7-13-5-2-3-9(11(14)15)10(13)12-8/h2-3,5,7H,4,6H2,1H3,(H,14,15). The lowest BCUT2D eigenvalue weighted by Crippen LogP contribution is -1.99. The van der Waals surface area contributed by atoms with E-state index in [9.17, 15) is 4.79 Å². The van der Waals surface area contributed by atoms with Crippen molar-refractivity contribution in [2.75, 3.05) is 13.7 Å². The summed E-state index contributed by atoms with van der Waals surface area (Å²) in [7, 11) is 1.62. The zero-order valence-corrected chi connectivity index (χ0v) is 8.88. The molecule has 0 spiro atoms. The van der Waals surface area contributed by atoms with Gasteiger partial charge in [0.15, 0.2) is 5.65 Å². The molecule has 0 aliphatic heterocycles. The summed E-state index contributed by atoms with van der Waals surface area (Å²) in [5, 5.41) is 8.99. The number of hydrogen-bond donors (Lipinski definition) is 1. The maximum absolute atomic E-state index is 11.0. The normalized spacial score (nSPS) is 10.8. The summed E-state index contributed by atoms with van der Waals surface area (Å²) in [5.74, 6) is -0.963. The first-order valence-corrected chi connectivity index (χ1v) is 4.91. The van der Waals surface area contributed by atoms with Crippen LogP contribution >= 0.6 is 0 Å². The summed E-state index contributed by atoms with van der Waals surface area (Å²) >= 11 is 0. The average molecular weight is 220 g/mol. The molecule has 1 N–H and O–H groups in total. The number of methoxy groups -OCH3 is 1. The Labute approximate surface area is 92.3 Å². The van der Waals surface area contributed by atoms with E-state index in [0.717, 1.165) is 5.69 Å². The van der Waals surface area contributed by atoms with Gasteiger partial charge in [-0.15, -0.1) is 0 Å². The Morgan fingerprint density at radius 3 is 3.12 bits per heavy atom. The fourth-order valence-corrected chi connectivity index (χ4v) is 1.56. The number of carboxylic acid groups (broad SMARTS) is 1. The largest absolute Gasteiger partial charge is 0.478 e. The molecule has 2 rings (SSSR count). The summed E-state index contributed by atoms with van der Waals surface area (Å²) in [6.45, 7) is 0.576. The van der Waals surface area contributed by atoms with Gasteiger partial charge in [0.2, 0.25) is 0 Å². The van der Waals surface area contributed by atoms with Crippen LogP contribution < -0.4 is 0 Å². The molecule has 0 saturated heterocycles. The SMILES string of the molecule is COCCc1cn2cccc(C(=O)O)c2n1. The van der Waals surface area contributed by atoms with Gasteiger partial charge in [-0.2, -0.15) is 0 Å². The molecule has 2 aromatic heterocycles. The summed E-state index contributed by atoms with van der Waals surface area (Å²) in [6, 6.07) is 3.24. The molecule has 5 heteroatoms. The van der Waals surface area contributed by atoms with Gasteiger partial charge in [-0.1, -0.05) is 0 Å². The third-order valence-electron chi connectivity index (χ3n) is 2.33. The van der Waals surface area contributed by atoms with E-state index in [1.54, 1.807) is 29.8 Å². The van der Waals surface area contributed by atoms with Crippen LogP contribution in [0.1, 0.15) is 16.1 Å². The van der Waals surface area contributed by atoms with Gasteiger partial charge in [0.25, 0.3) is 0 Å². The number of ether oxygens (including phenoxy) is 1. The van der Waals surface area contributed by atoms with Crippen molar-refractivity contribution in [1.82, 2.24) is 9.38 Å². The van der Waals surface area contributed by atoms with Gasteiger partial charge in [0.05, 0.1) is 12.3 Å². The van der Waals surface area contributed by atoms with Gasteiger partial charge in [0, 0.05) is 25.9 Å². The number of carbonyl (C=O) groups is 1. The Hall–Kier alpha value is -1.88. The van der Waals surface area contributed by atoms with Gasteiger partial charge in [-0.25, -0.2) is 9.78 Å². The van der Waals surface area contributed by atoms with Crippen LogP contribution in [0, 0.1) is 0 Å². The minimum Gasteiger partial charge on any atom is -0.478 e. The third kappa shape index (κ3) is 1.90. The van der Waals surface area contributed by atoms with Crippen molar-refractivity contribution >= 4 is 11.6 Å². The molecule has 0 atom stereocenters. The van der Waals surface area contributed by atoms with E-state index in [-0.39, 0.29) is 5.56 Å². The Kier molecular flexibility index (Phi) is 2.87. The van der Waals surface area contributed by atoms with E-state index < -0.39 is 5.97 Å². The number of carboxylic acids is 1. The van der Waals surface area contributed by atoms with Crippen LogP contribution in [0.2, 0.25) is 0 Å². The molecule has 0 bridgehead atoms. The fourth-order valence-electron chi connectivity index (χ4n) is 1.56. The number of aromatic nitrogens is 2. The van der Waals surface area contributed by atoms with Crippen LogP contribution in [0.3, 0.4) is 0 Å². The second-order valence-electron chi connectivity index (χ2n) is 3.43. The smallest absolute Gasteiger partial charge is 0.339 e. The van der Waals surface area contributed by atoms with Gasteiger partial charge in [0.1, 0.15) is 5.56 Å². The molecule has 0 saturated carbocycles. The molecule has 2 heterocycles. The highest BCUT2D eigenvalue weighted by atomic mass is 16.5. The summed E-state index contributed by atoms with van der Waals surface area (Å²) in [5.41, 5.74) is 1.52. The van der Waals surface area contributed by atoms with E-state index in [1.807, 2.05) is 6.20 Å². The second kappa shape index (κ2) is 4.32. The zero-order chi connectivity index (χ0) is 11.5. The van der Waals surface area contributed by atoms with Crippen molar-refractivity contribution in [3.8, 4) is 0 Å². The van der Waals surface area contributed by atoms with E-state index in [1.165, 1.54) is 0 Å². The Morgan fingerprint density at radius 2 is 2.44 bits per heavy atom. The van der Waals surface area contributed by atoms with Gasteiger partial charge < -0.3 is 14.2 Å². The molecule has 0 radical (unpaired) electrons. The topological polar surface area (TPSA) is 63.8 Å². The molecular formula is C11H12N2O3. The zero-order valence-electron chi connectivity index (χ0n) is 8.88. The molecular weight excluding hydrogens is 208 g/mol. The number of nitrogens with zero attached hydrogens (tertiary/aromatic N) is 2. The number of rotatable bonds is 4. The summed E-state index contributed by atoms with van der Waals surface area (Å²) in [6.07, 6.45) is 4.28. The van der Waals surface area contributed by atoms with E-state index in [2.05, 4.69) is 4.98 Å².